The third-order valence-electron chi connectivity index (χ3n) is 2.20. The maximum absolute atomic E-state index is 4.47. The number of hydrogen-bond acceptors (Lipinski definition) is 5. The molecule has 1 aromatic rings. The first-order valence-electron chi connectivity index (χ1n) is 5.24. The molecule has 0 radical (unpaired) electrons. The van der Waals surface area contributed by atoms with E-state index in [1.54, 1.807) is 11.8 Å². The van der Waals surface area contributed by atoms with Crippen LogP contribution in [0.1, 0.15) is 25.2 Å². The van der Waals surface area contributed by atoms with Gasteiger partial charge in [-0.3, -0.25) is 0 Å². The second kappa shape index (κ2) is 5.84. The number of nitrogens with zero attached hydrogens (tertiary/aromatic N) is 4. The predicted octanol–water partition coefficient (Wildman–Crippen LogP) is 2.21. The molecule has 1 rings (SSSR count). The molecule has 0 atom stereocenters. The average molecular weight is 238 g/mol. The lowest BCUT2D eigenvalue weighted by molar-refractivity contribution is 0.518. The molecule has 0 aliphatic rings. The van der Waals surface area contributed by atoms with Crippen molar-refractivity contribution in [3.63, 3.8) is 0 Å². The fourth-order valence-electron chi connectivity index (χ4n) is 1.03. The van der Waals surface area contributed by atoms with Gasteiger partial charge < -0.3 is 4.90 Å². The van der Waals surface area contributed by atoms with Crippen LogP contribution in [0.5, 0.6) is 0 Å². The van der Waals surface area contributed by atoms with Gasteiger partial charge in [-0.1, -0.05) is 18.7 Å². The Labute approximate surface area is 101 Å². The molecule has 16 heavy (non-hydrogen) atoms. The Kier molecular flexibility index (Phi) is 4.73. The van der Waals surface area contributed by atoms with Gasteiger partial charge in [0.1, 0.15) is 0 Å². The molecule has 0 aliphatic heterocycles. The van der Waals surface area contributed by atoms with Crippen LogP contribution in [0.2, 0.25) is 0 Å². The average Bonchev–Trinajstić information content (AvgIpc) is 2.23. The summed E-state index contributed by atoms with van der Waals surface area (Å²) in [5.74, 6) is 0.959. The molecule has 0 amide bonds. The minimum Gasteiger partial charge on any atom is -0.381 e. The molecule has 0 N–H and O–H groups in total. The van der Waals surface area contributed by atoms with Crippen LogP contribution >= 0.6 is 11.8 Å². The Balaban J connectivity index is 3.02. The zero-order valence-electron chi connectivity index (χ0n) is 10.5. The summed E-state index contributed by atoms with van der Waals surface area (Å²) in [5, 5.41) is 8.90. The van der Waals surface area contributed by atoms with Crippen molar-refractivity contribution in [2.75, 3.05) is 19.8 Å². The van der Waals surface area contributed by atoms with Gasteiger partial charge in [-0.05, 0) is 25.7 Å². The molecule has 0 saturated carbocycles. The lowest BCUT2D eigenvalue weighted by atomic mass is 10.3. The number of hydrogen-bond donors (Lipinski definition) is 0. The molecular formula is C11H18N4S. The van der Waals surface area contributed by atoms with Crippen molar-refractivity contribution < 1.29 is 0 Å². The number of thioether (sulfide) groups is 1. The van der Waals surface area contributed by atoms with E-state index in [2.05, 4.69) is 22.1 Å². The third kappa shape index (κ3) is 3.48. The van der Waals surface area contributed by atoms with E-state index in [0.717, 1.165) is 28.0 Å². The third-order valence-corrected chi connectivity index (χ3v) is 2.92. The fourth-order valence-corrected chi connectivity index (χ4v) is 1.55. The topological polar surface area (TPSA) is 41.9 Å². The van der Waals surface area contributed by atoms with Gasteiger partial charge in [-0.25, -0.2) is 4.98 Å². The van der Waals surface area contributed by atoms with Gasteiger partial charge >= 0.3 is 0 Å². The van der Waals surface area contributed by atoms with Crippen LogP contribution in [0.3, 0.4) is 0 Å². The highest BCUT2D eigenvalue weighted by molar-refractivity contribution is 7.99. The molecule has 0 aliphatic carbocycles. The highest BCUT2D eigenvalue weighted by Crippen LogP contribution is 2.14. The Morgan fingerprint density at radius 3 is 2.62 bits per heavy atom. The molecule has 4 nitrogen and oxygen atoms in total. The molecule has 0 aromatic carbocycles. The lowest BCUT2D eigenvalue weighted by Gasteiger charge is -2.12. The van der Waals surface area contributed by atoms with Crippen LogP contribution in [-0.4, -0.2) is 39.9 Å². The largest absolute Gasteiger partial charge is 0.381 e. The van der Waals surface area contributed by atoms with E-state index >= 15 is 0 Å². The normalized spacial score (nSPS) is 11.7. The van der Waals surface area contributed by atoms with Crippen LogP contribution < -0.4 is 0 Å². The van der Waals surface area contributed by atoms with Crippen LogP contribution in [0.4, 0.5) is 0 Å². The first-order valence-corrected chi connectivity index (χ1v) is 6.23. The first-order chi connectivity index (χ1) is 7.54. The molecule has 0 saturated heterocycles. The van der Waals surface area contributed by atoms with Crippen LogP contribution in [-0.2, 0) is 0 Å². The Morgan fingerprint density at radius 2 is 2.06 bits per heavy atom. The smallest absolute Gasteiger partial charge is 0.209 e. The van der Waals surface area contributed by atoms with Crippen molar-refractivity contribution in [1.29, 1.82) is 0 Å². The van der Waals surface area contributed by atoms with E-state index in [4.69, 9.17) is 0 Å². The Hall–Kier alpha value is -1.10. The predicted molar refractivity (Wildman–Crippen MR) is 68.3 cm³/mol. The molecule has 1 aromatic heterocycles. The van der Waals surface area contributed by atoms with E-state index in [9.17, 15) is 0 Å². The molecule has 1 heterocycles. The molecule has 5 heteroatoms. The lowest BCUT2D eigenvalue weighted by Crippen LogP contribution is -2.08. The molecule has 0 spiro atoms. The van der Waals surface area contributed by atoms with Crippen molar-refractivity contribution in [1.82, 2.24) is 20.1 Å². The van der Waals surface area contributed by atoms with Crippen LogP contribution in [0.15, 0.2) is 10.9 Å². The summed E-state index contributed by atoms with van der Waals surface area (Å²) >= 11 is 1.61. The van der Waals surface area contributed by atoms with E-state index < -0.39 is 0 Å². The van der Waals surface area contributed by atoms with E-state index in [0.29, 0.717) is 0 Å². The molecule has 0 unspecified atom stereocenters. The fraction of sp³-hybridized carbons (Fsp3) is 0.545. The second-order valence-electron chi connectivity index (χ2n) is 3.68. The quantitative estimate of drug-likeness (QED) is 0.752. The monoisotopic (exact) mass is 238 g/mol. The summed E-state index contributed by atoms with van der Waals surface area (Å²) in [7, 11) is 4.02. The molecule has 0 fully saturated rings. The number of allylic oxidation sites excluding steroid dienone is 1. The SMILES string of the molecule is CCSc1nnc(C)c(/C=C(\C)N(C)C)n1. The molecule has 88 valence electrons. The van der Waals surface area contributed by atoms with E-state index in [-0.39, 0.29) is 0 Å². The summed E-state index contributed by atoms with van der Waals surface area (Å²) < 4.78 is 0. The van der Waals surface area contributed by atoms with Crippen LogP contribution in [0.25, 0.3) is 6.08 Å². The van der Waals surface area contributed by atoms with Crippen molar-refractivity contribution >= 4 is 17.8 Å². The number of aryl methyl sites for hydroxylation is 1. The number of rotatable bonds is 4. The zero-order valence-corrected chi connectivity index (χ0v) is 11.3. The van der Waals surface area contributed by atoms with Gasteiger partial charge in [0.2, 0.25) is 5.16 Å². The first kappa shape index (κ1) is 13.0. The van der Waals surface area contributed by atoms with Crippen LogP contribution in [0, 0.1) is 6.92 Å². The van der Waals surface area contributed by atoms with Gasteiger partial charge in [0.05, 0.1) is 11.4 Å². The second-order valence-corrected chi connectivity index (χ2v) is 4.91. The summed E-state index contributed by atoms with van der Waals surface area (Å²) in [4.78, 5) is 6.52. The van der Waals surface area contributed by atoms with E-state index in [1.807, 2.05) is 38.9 Å². The summed E-state index contributed by atoms with van der Waals surface area (Å²) in [6.45, 7) is 6.05. The van der Waals surface area contributed by atoms with Gasteiger partial charge in [0, 0.05) is 19.8 Å². The maximum Gasteiger partial charge on any atom is 0.209 e. The molecule has 0 bridgehead atoms. The van der Waals surface area contributed by atoms with Crippen molar-refractivity contribution in [2.45, 2.75) is 25.9 Å². The van der Waals surface area contributed by atoms with Gasteiger partial charge in [0.25, 0.3) is 0 Å². The van der Waals surface area contributed by atoms with Gasteiger partial charge in [0.15, 0.2) is 0 Å². The number of aromatic nitrogens is 3. The highest BCUT2D eigenvalue weighted by Gasteiger charge is 2.04. The van der Waals surface area contributed by atoms with Crippen molar-refractivity contribution in [3.8, 4) is 0 Å². The van der Waals surface area contributed by atoms with Crippen molar-refractivity contribution in [3.05, 3.63) is 17.1 Å². The summed E-state index contributed by atoms with van der Waals surface area (Å²) in [6.07, 6.45) is 2.03. The summed E-state index contributed by atoms with van der Waals surface area (Å²) in [6, 6.07) is 0. The van der Waals surface area contributed by atoms with Gasteiger partial charge in [-0.2, -0.15) is 5.10 Å². The highest BCUT2D eigenvalue weighted by atomic mass is 32.2. The minimum atomic E-state index is 0.742. The summed E-state index contributed by atoms with van der Waals surface area (Å²) in [5.41, 5.74) is 2.91. The zero-order chi connectivity index (χ0) is 12.1. The standard InChI is InChI=1S/C11H18N4S/c1-6-16-11-12-10(9(3)13-14-11)7-8(2)15(4)5/h7H,6H2,1-5H3/b8-7+. The van der Waals surface area contributed by atoms with E-state index in [1.165, 1.54) is 0 Å². The molecular weight excluding hydrogens is 220 g/mol. The maximum atomic E-state index is 4.47. The van der Waals surface area contributed by atoms with Gasteiger partial charge in [-0.15, -0.1) is 5.10 Å². The Morgan fingerprint density at radius 1 is 1.38 bits per heavy atom. The van der Waals surface area contributed by atoms with Crippen molar-refractivity contribution in [2.24, 2.45) is 0 Å². The minimum absolute atomic E-state index is 0.742. The Bertz CT molecular complexity index is 388.